The van der Waals surface area contributed by atoms with Gasteiger partial charge < -0.3 is 5.32 Å². The second-order valence-corrected chi connectivity index (χ2v) is 5.81. The Morgan fingerprint density at radius 2 is 1.74 bits per heavy atom. The quantitative estimate of drug-likeness (QED) is 0.741. The summed E-state index contributed by atoms with van der Waals surface area (Å²) in [6, 6.07) is 14.6. The maximum atomic E-state index is 6.08. The summed E-state index contributed by atoms with van der Waals surface area (Å²) >= 11 is 9.47. The number of hydrogen-bond acceptors (Lipinski definition) is 1. The van der Waals surface area contributed by atoms with Crippen LogP contribution in [0.25, 0.3) is 0 Å². The topological polar surface area (TPSA) is 12.0 Å². The maximum absolute atomic E-state index is 6.08. The van der Waals surface area contributed by atoms with Crippen LogP contribution < -0.4 is 5.32 Å². The van der Waals surface area contributed by atoms with E-state index in [0.717, 1.165) is 28.1 Å². The van der Waals surface area contributed by atoms with E-state index >= 15 is 0 Å². The molecular weight excluding hydrogens is 322 g/mol. The molecule has 0 radical (unpaired) electrons. The number of benzene rings is 2. The summed E-state index contributed by atoms with van der Waals surface area (Å²) in [5, 5.41) is 4.15. The van der Waals surface area contributed by atoms with Crippen LogP contribution in [-0.2, 0) is 13.0 Å². The molecule has 0 unspecified atom stereocenters. The van der Waals surface area contributed by atoms with Gasteiger partial charge in [-0.3, -0.25) is 0 Å². The van der Waals surface area contributed by atoms with Gasteiger partial charge in [0, 0.05) is 16.7 Å². The van der Waals surface area contributed by atoms with Crippen LogP contribution in [0.4, 0.5) is 5.69 Å². The summed E-state index contributed by atoms with van der Waals surface area (Å²) < 4.78 is 0.932. The van der Waals surface area contributed by atoms with Gasteiger partial charge in [-0.25, -0.2) is 0 Å². The molecule has 0 fully saturated rings. The van der Waals surface area contributed by atoms with Crippen molar-refractivity contribution in [2.24, 2.45) is 0 Å². The molecule has 0 atom stereocenters. The molecule has 0 bridgehead atoms. The van der Waals surface area contributed by atoms with E-state index in [9.17, 15) is 0 Å². The van der Waals surface area contributed by atoms with Gasteiger partial charge in [-0.05, 0) is 57.7 Å². The van der Waals surface area contributed by atoms with Crippen molar-refractivity contribution in [2.75, 3.05) is 5.32 Å². The highest BCUT2D eigenvalue weighted by molar-refractivity contribution is 9.10. The standard InChI is InChI=1S/C16H17BrClN/c1-2-3-12-4-7-14(8-5-12)19-11-13-6-9-15(17)16(18)10-13/h4-10,19H,2-3,11H2,1H3. The van der Waals surface area contributed by atoms with Gasteiger partial charge in [0.1, 0.15) is 0 Å². The lowest BCUT2D eigenvalue weighted by atomic mass is 10.1. The Balaban J connectivity index is 1.96. The molecule has 2 rings (SSSR count). The zero-order valence-electron chi connectivity index (χ0n) is 10.9. The minimum Gasteiger partial charge on any atom is -0.381 e. The van der Waals surface area contributed by atoms with Gasteiger partial charge in [0.25, 0.3) is 0 Å². The summed E-state index contributed by atoms with van der Waals surface area (Å²) in [5.74, 6) is 0. The number of hydrogen-bond donors (Lipinski definition) is 1. The third kappa shape index (κ3) is 4.26. The van der Waals surface area contributed by atoms with E-state index in [1.807, 2.05) is 12.1 Å². The Morgan fingerprint density at radius 3 is 2.37 bits per heavy atom. The Bertz CT molecular complexity index is 537. The van der Waals surface area contributed by atoms with Crippen LogP contribution in [-0.4, -0.2) is 0 Å². The molecular formula is C16H17BrClN. The molecule has 2 aromatic carbocycles. The molecule has 2 aromatic rings. The van der Waals surface area contributed by atoms with E-state index in [0.29, 0.717) is 0 Å². The summed E-state index contributed by atoms with van der Waals surface area (Å²) in [6.07, 6.45) is 2.33. The number of nitrogens with one attached hydrogen (secondary N) is 1. The largest absolute Gasteiger partial charge is 0.381 e. The molecule has 1 N–H and O–H groups in total. The maximum Gasteiger partial charge on any atom is 0.0551 e. The molecule has 0 saturated carbocycles. The first-order valence-electron chi connectivity index (χ1n) is 6.46. The van der Waals surface area contributed by atoms with Crippen LogP contribution in [0.1, 0.15) is 24.5 Å². The highest BCUT2D eigenvalue weighted by atomic mass is 79.9. The Kier molecular flexibility index (Phi) is 5.29. The third-order valence-corrected chi connectivity index (χ3v) is 4.21. The minimum absolute atomic E-state index is 0.748. The second-order valence-electron chi connectivity index (χ2n) is 4.55. The second kappa shape index (κ2) is 6.97. The zero-order chi connectivity index (χ0) is 13.7. The normalized spacial score (nSPS) is 10.5. The molecule has 0 aliphatic rings. The van der Waals surface area contributed by atoms with Crippen LogP contribution in [0, 0.1) is 0 Å². The molecule has 0 aromatic heterocycles. The van der Waals surface area contributed by atoms with E-state index in [-0.39, 0.29) is 0 Å². The van der Waals surface area contributed by atoms with Crippen molar-refractivity contribution in [3.05, 3.63) is 63.1 Å². The van der Waals surface area contributed by atoms with Crippen molar-refractivity contribution in [1.29, 1.82) is 0 Å². The van der Waals surface area contributed by atoms with Crippen LogP contribution in [0.15, 0.2) is 46.9 Å². The SMILES string of the molecule is CCCc1ccc(NCc2ccc(Br)c(Cl)c2)cc1. The van der Waals surface area contributed by atoms with Gasteiger partial charge in [0.15, 0.2) is 0 Å². The van der Waals surface area contributed by atoms with Crippen molar-refractivity contribution in [3.63, 3.8) is 0 Å². The van der Waals surface area contributed by atoms with Crippen LogP contribution in [0.2, 0.25) is 5.02 Å². The third-order valence-electron chi connectivity index (χ3n) is 2.97. The lowest BCUT2D eigenvalue weighted by Crippen LogP contribution is -1.99. The van der Waals surface area contributed by atoms with E-state index < -0.39 is 0 Å². The first-order chi connectivity index (χ1) is 9.19. The molecule has 0 spiro atoms. The Morgan fingerprint density at radius 1 is 1.05 bits per heavy atom. The highest BCUT2D eigenvalue weighted by Crippen LogP contribution is 2.23. The minimum atomic E-state index is 0.748. The molecule has 1 nitrogen and oxygen atoms in total. The average molecular weight is 339 g/mol. The van der Waals surface area contributed by atoms with Gasteiger partial charge in [-0.1, -0.05) is 43.1 Å². The fourth-order valence-corrected chi connectivity index (χ4v) is 2.38. The van der Waals surface area contributed by atoms with Crippen molar-refractivity contribution in [3.8, 4) is 0 Å². The highest BCUT2D eigenvalue weighted by Gasteiger charge is 1.99. The average Bonchev–Trinajstić information content (AvgIpc) is 2.42. The van der Waals surface area contributed by atoms with E-state index in [1.54, 1.807) is 0 Å². The molecule has 0 heterocycles. The summed E-state index contributed by atoms with van der Waals surface area (Å²) in [7, 11) is 0. The molecule has 19 heavy (non-hydrogen) atoms. The van der Waals surface area contributed by atoms with Crippen molar-refractivity contribution in [1.82, 2.24) is 0 Å². The predicted molar refractivity (Wildman–Crippen MR) is 86.9 cm³/mol. The van der Waals surface area contributed by atoms with E-state index in [4.69, 9.17) is 11.6 Å². The number of halogens is 2. The summed E-state index contributed by atoms with van der Waals surface area (Å²) in [4.78, 5) is 0. The molecule has 100 valence electrons. The molecule has 3 heteroatoms. The van der Waals surface area contributed by atoms with Gasteiger partial charge >= 0.3 is 0 Å². The van der Waals surface area contributed by atoms with Crippen molar-refractivity contribution < 1.29 is 0 Å². The van der Waals surface area contributed by atoms with Crippen LogP contribution in [0.5, 0.6) is 0 Å². The number of rotatable bonds is 5. The lowest BCUT2D eigenvalue weighted by Gasteiger charge is -2.08. The van der Waals surface area contributed by atoms with Crippen molar-refractivity contribution in [2.45, 2.75) is 26.3 Å². The van der Waals surface area contributed by atoms with Gasteiger partial charge in [0.05, 0.1) is 5.02 Å². The first kappa shape index (κ1) is 14.4. The van der Waals surface area contributed by atoms with E-state index in [1.165, 1.54) is 17.5 Å². The molecule has 0 aliphatic heterocycles. The Labute approximate surface area is 128 Å². The fourth-order valence-electron chi connectivity index (χ4n) is 1.93. The van der Waals surface area contributed by atoms with Crippen LogP contribution in [0.3, 0.4) is 0 Å². The first-order valence-corrected chi connectivity index (χ1v) is 7.63. The molecule has 0 aliphatic carbocycles. The molecule has 0 amide bonds. The van der Waals surface area contributed by atoms with E-state index in [2.05, 4.69) is 58.5 Å². The monoisotopic (exact) mass is 337 g/mol. The zero-order valence-corrected chi connectivity index (χ0v) is 13.3. The predicted octanol–water partition coefficient (Wildman–Crippen LogP) is 5.67. The number of anilines is 1. The Hall–Kier alpha value is -0.990. The smallest absolute Gasteiger partial charge is 0.0551 e. The van der Waals surface area contributed by atoms with Crippen LogP contribution >= 0.6 is 27.5 Å². The fraction of sp³-hybridized carbons (Fsp3) is 0.250. The summed E-state index contributed by atoms with van der Waals surface area (Å²) in [6.45, 7) is 2.98. The van der Waals surface area contributed by atoms with Gasteiger partial charge in [-0.15, -0.1) is 0 Å². The van der Waals surface area contributed by atoms with Gasteiger partial charge in [-0.2, -0.15) is 0 Å². The molecule has 0 saturated heterocycles. The summed E-state index contributed by atoms with van der Waals surface area (Å²) in [5.41, 5.74) is 3.70. The number of aryl methyl sites for hydroxylation is 1. The lowest BCUT2D eigenvalue weighted by molar-refractivity contribution is 0.922. The van der Waals surface area contributed by atoms with Gasteiger partial charge in [0.2, 0.25) is 0 Å². The van der Waals surface area contributed by atoms with Crippen molar-refractivity contribution >= 4 is 33.2 Å².